The van der Waals surface area contributed by atoms with E-state index < -0.39 is 17.6 Å². The molecule has 0 fully saturated rings. The summed E-state index contributed by atoms with van der Waals surface area (Å²) >= 11 is 12.3. The first kappa shape index (κ1) is 27.9. The predicted molar refractivity (Wildman–Crippen MR) is 141 cm³/mol. The summed E-state index contributed by atoms with van der Waals surface area (Å²) < 4.78 is 5.38. The number of phenolic OH excluding ortho intramolecular Hbond substituents is 1. The number of anilines is 1. The lowest BCUT2D eigenvalue weighted by Gasteiger charge is -2.15. The summed E-state index contributed by atoms with van der Waals surface area (Å²) in [5, 5.41) is 13.2. The van der Waals surface area contributed by atoms with E-state index >= 15 is 0 Å². The van der Waals surface area contributed by atoms with E-state index in [0.717, 1.165) is 12.1 Å². The minimum absolute atomic E-state index is 0.0598. The van der Waals surface area contributed by atoms with E-state index in [1.54, 1.807) is 30.6 Å². The number of nitrogens with one attached hydrogen (secondary N) is 1. The van der Waals surface area contributed by atoms with Crippen LogP contribution in [0.3, 0.4) is 0 Å². The van der Waals surface area contributed by atoms with Crippen LogP contribution in [-0.2, 0) is 14.3 Å². The van der Waals surface area contributed by atoms with Gasteiger partial charge in [-0.05, 0) is 62.5 Å². The number of phenols is 1. The Hall–Kier alpha value is -3.72. The zero-order chi connectivity index (χ0) is 27.1. The molecule has 0 aromatic heterocycles. The van der Waals surface area contributed by atoms with Crippen LogP contribution in [0.4, 0.5) is 5.69 Å². The van der Waals surface area contributed by atoms with E-state index in [1.165, 1.54) is 18.4 Å². The van der Waals surface area contributed by atoms with Gasteiger partial charge in [-0.25, -0.2) is 4.79 Å². The van der Waals surface area contributed by atoms with Gasteiger partial charge in [-0.15, -0.1) is 0 Å². The molecule has 0 bridgehead atoms. The molecule has 0 saturated heterocycles. The lowest BCUT2D eigenvalue weighted by atomic mass is 10.0. The SMILES string of the molecule is CN(C)CCCOC(=O)c1ccc(-c2ccc(Cl)cc2Cl)cc1NC(=O)c1cc([C]=O)c(O)cc1[C]=O. The van der Waals surface area contributed by atoms with Crippen LogP contribution in [0.5, 0.6) is 5.75 Å². The standard InChI is InChI=1S/C27H22Cl2N2O6/c1-31(2)8-3-9-37-27(36)21-6-4-16(20-7-5-19(28)13-23(20)29)11-24(21)30-26(35)22-10-18(15-33)25(34)12-17(22)14-32/h4-7,10-13,34H,3,8-9H2,1-2H3,(H,30,35). The largest absolute Gasteiger partial charge is 0.507 e. The van der Waals surface area contributed by atoms with E-state index in [-0.39, 0.29) is 34.5 Å². The van der Waals surface area contributed by atoms with Crippen molar-refractivity contribution in [3.63, 3.8) is 0 Å². The highest BCUT2D eigenvalue weighted by Crippen LogP contribution is 2.33. The Morgan fingerprint density at radius 3 is 2.35 bits per heavy atom. The van der Waals surface area contributed by atoms with Crippen molar-refractivity contribution >= 4 is 53.3 Å². The van der Waals surface area contributed by atoms with Crippen LogP contribution >= 0.6 is 23.2 Å². The highest BCUT2D eigenvalue weighted by molar-refractivity contribution is 6.36. The highest BCUT2D eigenvalue weighted by Gasteiger charge is 2.21. The summed E-state index contributed by atoms with van der Waals surface area (Å²) in [7, 11) is 3.80. The van der Waals surface area contributed by atoms with Crippen LogP contribution in [0.2, 0.25) is 10.0 Å². The van der Waals surface area contributed by atoms with Gasteiger partial charge in [-0.1, -0.05) is 35.3 Å². The van der Waals surface area contributed by atoms with Crippen LogP contribution < -0.4 is 5.32 Å². The first-order valence-electron chi connectivity index (χ1n) is 11.0. The van der Waals surface area contributed by atoms with Crippen LogP contribution in [0.25, 0.3) is 11.1 Å². The maximum Gasteiger partial charge on any atom is 0.340 e. The zero-order valence-corrected chi connectivity index (χ0v) is 21.4. The lowest BCUT2D eigenvalue weighted by molar-refractivity contribution is 0.0494. The second-order valence-electron chi connectivity index (χ2n) is 8.25. The number of esters is 1. The van der Waals surface area contributed by atoms with Gasteiger partial charge >= 0.3 is 5.97 Å². The van der Waals surface area contributed by atoms with Crippen LogP contribution in [0.15, 0.2) is 48.5 Å². The summed E-state index contributed by atoms with van der Waals surface area (Å²) in [6.07, 6.45) is 3.67. The minimum Gasteiger partial charge on any atom is -0.507 e. The third-order valence-electron chi connectivity index (χ3n) is 5.31. The number of halogens is 2. The molecule has 3 aromatic rings. The summed E-state index contributed by atoms with van der Waals surface area (Å²) in [6, 6.07) is 11.5. The van der Waals surface area contributed by atoms with Gasteiger partial charge in [0, 0.05) is 27.7 Å². The van der Waals surface area contributed by atoms with Crippen molar-refractivity contribution in [3.8, 4) is 16.9 Å². The number of hydrogen-bond donors (Lipinski definition) is 2. The molecule has 0 aliphatic rings. The molecule has 0 saturated carbocycles. The van der Waals surface area contributed by atoms with Gasteiger partial charge in [-0.3, -0.25) is 14.4 Å². The Balaban J connectivity index is 2.01. The van der Waals surface area contributed by atoms with Crippen molar-refractivity contribution < 1.29 is 29.0 Å². The Labute approximate surface area is 223 Å². The zero-order valence-electron chi connectivity index (χ0n) is 19.9. The summed E-state index contributed by atoms with van der Waals surface area (Å²) in [5.41, 5.74) is 0.460. The monoisotopic (exact) mass is 540 g/mol. The quantitative estimate of drug-likeness (QED) is 0.284. The maximum atomic E-state index is 13.1. The van der Waals surface area contributed by atoms with Gasteiger partial charge in [0.2, 0.25) is 12.6 Å². The predicted octanol–water partition coefficient (Wildman–Crippen LogP) is 4.64. The molecule has 0 unspecified atom stereocenters. The summed E-state index contributed by atoms with van der Waals surface area (Å²) in [5.74, 6) is -2.01. The van der Waals surface area contributed by atoms with Gasteiger partial charge in [0.25, 0.3) is 5.91 Å². The van der Waals surface area contributed by atoms with Crippen molar-refractivity contribution in [1.29, 1.82) is 0 Å². The van der Waals surface area contributed by atoms with Gasteiger partial charge in [0.15, 0.2) is 0 Å². The number of rotatable bonds is 10. The van der Waals surface area contributed by atoms with E-state index in [0.29, 0.717) is 34.1 Å². The molecule has 8 nitrogen and oxygen atoms in total. The Bertz CT molecular complexity index is 1360. The lowest BCUT2D eigenvalue weighted by Crippen LogP contribution is -2.19. The molecule has 3 aromatic carbocycles. The molecule has 0 aliphatic carbocycles. The molecule has 0 heterocycles. The number of nitrogens with zero attached hydrogens (tertiary/aromatic N) is 1. The number of amides is 1. The third kappa shape index (κ3) is 6.95. The Morgan fingerprint density at radius 1 is 0.973 bits per heavy atom. The fraction of sp³-hybridized carbons (Fsp3) is 0.185. The van der Waals surface area contributed by atoms with Crippen LogP contribution in [-0.4, -0.2) is 61.7 Å². The smallest absolute Gasteiger partial charge is 0.340 e. The van der Waals surface area contributed by atoms with Crippen LogP contribution in [0, 0.1) is 0 Å². The average Bonchev–Trinajstić information content (AvgIpc) is 2.86. The van der Waals surface area contributed by atoms with Crippen molar-refractivity contribution in [1.82, 2.24) is 4.90 Å². The molecule has 0 atom stereocenters. The van der Waals surface area contributed by atoms with E-state index in [4.69, 9.17) is 27.9 Å². The number of carbonyl (C=O) groups is 2. The molecular weight excluding hydrogens is 519 g/mol. The Morgan fingerprint density at radius 2 is 1.70 bits per heavy atom. The third-order valence-corrected chi connectivity index (χ3v) is 5.86. The second kappa shape index (κ2) is 12.5. The molecule has 2 N–H and O–H groups in total. The van der Waals surface area contributed by atoms with Gasteiger partial charge in [0.1, 0.15) is 5.75 Å². The van der Waals surface area contributed by atoms with Gasteiger partial charge in [0.05, 0.1) is 29.0 Å². The molecule has 2 radical (unpaired) electrons. The minimum atomic E-state index is -0.823. The first-order valence-corrected chi connectivity index (χ1v) is 11.8. The van der Waals surface area contributed by atoms with Crippen LogP contribution in [0.1, 0.15) is 38.3 Å². The molecule has 1 amide bonds. The van der Waals surface area contributed by atoms with Gasteiger partial charge < -0.3 is 20.1 Å². The average molecular weight is 541 g/mol. The van der Waals surface area contributed by atoms with E-state index in [9.17, 15) is 24.3 Å². The number of ether oxygens (including phenoxy) is 1. The summed E-state index contributed by atoms with van der Waals surface area (Å²) in [6.45, 7) is 0.878. The first-order chi connectivity index (χ1) is 17.6. The number of carbonyl (C=O) groups excluding carboxylic acids is 4. The van der Waals surface area contributed by atoms with Gasteiger partial charge in [-0.2, -0.15) is 0 Å². The highest BCUT2D eigenvalue weighted by atomic mass is 35.5. The fourth-order valence-corrected chi connectivity index (χ4v) is 3.99. The van der Waals surface area contributed by atoms with Crippen molar-refractivity contribution in [2.75, 3.05) is 32.6 Å². The van der Waals surface area contributed by atoms with E-state index in [2.05, 4.69) is 5.32 Å². The fourth-order valence-electron chi connectivity index (χ4n) is 3.47. The number of benzene rings is 3. The topological polar surface area (TPSA) is 113 Å². The van der Waals surface area contributed by atoms with E-state index in [1.807, 2.05) is 19.0 Å². The van der Waals surface area contributed by atoms with Crippen molar-refractivity contribution in [3.05, 3.63) is 80.8 Å². The normalized spacial score (nSPS) is 10.7. The molecule has 3 rings (SSSR count). The Kier molecular flexibility index (Phi) is 9.41. The van der Waals surface area contributed by atoms with Crippen molar-refractivity contribution in [2.24, 2.45) is 0 Å². The van der Waals surface area contributed by atoms with Crippen molar-refractivity contribution in [2.45, 2.75) is 6.42 Å². The molecule has 0 aliphatic heterocycles. The summed E-state index contributed by atoms with van der Waals surface area (Å²) in [4.78, 5) is 50.5. The second-order valence-corrected chi connectivity index (χ2v) is 9.09. The molecule has 0 spiro atoms. The molecule has 10 heteroatoms. The molecule has 37 heavy (non-hydrogen) atoms. The maximum absolute atomic E-state index is 13.1. The molecule has 190 valence electrons. The number of hydrogen-bond acceptors (Lipinski definition) is 7. The number of aromatic hydroxyl groups is 1. The molecular formula is C27H22Cl2N2O6.